The molecular formula is C21H24N4O. The van der Waals surface area contributed by atoms with E-state index in [1.807, 2.05) is 4.90 Å². The number of aryl methyl sites for hydroxylation is 2. The van der Waals surface area contributed by atoms with Crippen molar-refractivity contribution in [1.82, 2.24) is 9.88 Å². The van der Waals surface area contributed by atoms with E-state index < -0.39 is 0 Å². The average Bonchev–Trinajstić information content (AvgIpc) is 2.93. The first-order valence-corrected chi connectivity index (χ1v) is 9.11. The highest BCUT2D eigenvalue weighted by atomic mass is 16.2. The Kier molecular flexibility index (Phi) is 5.85. The van der Waals surface area contributed by atoms with E-state index in [-0.39, 0.29) is 5.91 Å². The number of nitrogens with zero attached hydrogens (tertiary/aromatic N) is 4. The van der Waals surface area contributed by atoms with Gasteiger partial charge >= 0.3 is 0 Å². The number of hydrogen-bond acceptors (Lipinski definition) is 4. The van der Waals surface area contributed by atoms with Gasteiger partial charge in [0.2, 0.25) is 5.91 Å². The van der Waals surface area contributed by atoms with E-state index in [4.69, 9.17) is 0 Å². The molecule has 1 fully saturated rings. The molecule has 0 spiro atoms. The number of pyridine rings is 1. The van der Waals surface area contributed by atoms with Gasteiger partial charge in [-0.05, 0) is 37.5 Å². The van der Waals surface area contributed by atoms with Crippen LogP contribution in [0.5, 0.6) is 0 Å². The fraction of sp³-hybridized carbons (Fsp3) is 0.381. The maximum atomic E-state index is 12.6. The standard InChI is InChI=1S/C21H24N4O/c1-17-5-7-18(8-6-17)9-10-20(26)24-12-3-13-25(15-14-24)21-19(16-22)4-2-11-23-21/h2,4-8,11H,3,9-10,12-15H2,1H3. The predicted octanol–water partition coefficient (Wildman–Crippen LogP) is 2.93. The van der Waals surface area contributed by atoms with Crippen LogP contribution in [-0.2, 0) is 11.2 Å². The van der Waals surface area contributed by atoms with Gasteiger partial charge in [-0.15, -0.1) is 0 Å². The summed E-state index contributed by atoms with van der Waals surface area (Å²) in [7, 11) is 0. The third-order valence-electron chi connectivity index (χ3n) is 4.80. The van der Waals surface area contributed by atoms with E-state index in [0.29, 0.717) is 25.1 Å². The zero-order valence-corrected chi connectivity index (χ0v) is 15.2. The van der Waals surface area contributed by atoms with Gasteiger partial charge in [-0.3, -0.25) is 4.79 Å². The second-order valence-corrected chi connectivity index (χ2v) is 6.69. The lowest BCUT2D eigenvalue weighted by Gasteiger charge is -2.23. The second-order valence-electron chi connectivity index (χ2n) is 6.69. The van der Waals surface area contributed by atoms with Crippen molar-refractivity contribution >= 4 is 11.7 Å². The summed E-state index contributed by atoms with van der Waals surface area (Å²) in [5, 5.41) is 9.27. The Morgan fingerprint density at radius 2 is 1.96 bits per heavy atom. The summed E-state index contributed by atoms with van der Waals surface area (Å²) in [5.74, 6) is 0.929. The summed E-state index contributed by atoms with van der Waals surface area (Å²) in [6.45, 7) is 5.03. The first-order chi connectivity index (χ1) is 12.7. The maximum absolute atomic E-state index is 12.6. The van der Waals surface area contributed by atoms with Gasteiger partial charge in [0.15, 0.2) is 0 Å². The molecule has 2 aromatic rings. The normalized spacial score (nSPS) is 14.6. The van der Waals surface area contributed by atoms with Crippen molar-refractivity contribution in [3.8, 4) is 6.07 Å². The highest BCUT2D eigenvalue weighted by molar-refractivity contribution is 5.76. The fourth-order valence-corrected chi connectivity index (χ4v) is 3.28. The summed E-state index contributed by atoms with van der Waals surface area (Å²) in [6, 6.07) is 14.1. The van der Waals surface area contributed by atoms with E-state index >= 15 is 0 Å². The Morgan fingerprint density at radius 3 is 2.73 bits per heavy atom. The molecule has 0 bridgehead atoms. The molecule has 0 atom stereocenters. The number of hydrogen-bond donors (Lipinski definition) is 0. The Balaban J connectivity index is 1.57. The van der Waals surface area contributed by atoms with Gasteiger partial charge in [0, 0.05) is 38.8 Å². The van der Waals surface area contributed by atoms with Gasteiger partial charge in [-0.2, -0.15) is 5.26 Å². The number of amides is 1. The topological polar surface area (TPSA) is 60.2 Å². The lowest BCUT2D eigenvalue weighted by Crippen LogP contribution is -2.35. The minimum atomic E-state index is 0.203. The molecule has 5 heteroatoms. The molecule has 0 radical (unpaired) electrons. The van der Waals surface area contributed by atoms with Crippen LogP contribution in [0.25, 0.3) is 0 Å². The van der Waals surface area contributed by atoms with Gasteiger partial charge in [0.25, 0.3) is 0 Å². The van der Waals surface area contributed by atoms with Crippen molar-refractivity contribution in [2.24, 2.45) is 0 Å². The number of carbonyl (C=O) groups is 1. The van der Waals surface area contributed by atoms with Crippen LogP contribution >= 0.6 is 0 Å². The molecule has 0 unspecified atom stereocenters. The van der Waals surface area contributed by atoms with E-state index in [0.717, 1.165) is 31.7 Å². The summed E-state index contributed by atoms with van der Waals surface area (Å²) in [4.78, 5) is 21.0. The Labute approximate surface area is 154 Å². The van der Waals surface area contributed by atoms with Crippen LogP contribution in [0.1, 0.15) is 29.5 Å². The summed E-state index contributed by atoms with van der Waals surface area (Å²) >= 11 is 0. The van der Waals surface area contributed by atoms with Crippen molar-refractivity contribution in [3.63, 3.8) is 0 Å². The lowest BCUT2D eigenvalue weighted by atomic mass is 10.1. The highest BCUT2D eigenvalue weighted by Gasteiger charge is 2.21. The van der Waals surface area contributed by atoms with Crippen LogP contribution in [0.2, 0.25) is 0 Å². The molecule has 1 aromatic carbocycles. The molecule has 1 aliphatic heterocycles. The minimum absolute atomic E-state index is 0.203. The largest absolute Gasteiger partial charge is 0.354 e. The zero-order valence-electron chi connectivity index (χ0n) is 15.2. The summed E-state index contributed by atoms with van der Waals surface area (Å²) in [6.07, 6.45) is 3.91. The third kappa shape index (κ3) is 4.40. The van der Waals surface area contributed by atoms with Gasteiger partial charge in [0.05, 0.1) is 5.56 Å². The Hall–Kier alpha value is -2.87. The molecule has 1 saturated heterocycles. The summed E-state index contributed by atoms with van der Waals surface area (Å²) in [5.41, 5.74) is 3.03. The lowest BCUT2D eigenvalue weighted by molar-refractivity contribution is -0.130. The maximum Gasteiger partial charge on any atom is 0.222 e. The van der Waals surface area contributed by atoms with Crippen molar-refractivity contribution in [2.75, 3.05) is 31.1 Å². The smallest absolute Gasteiger partial charge is 0.222 e. The van der Waals surface area contributed by atoms with Crippen LogP contribution in [0.4, 0.5) is 5.82 Å². The molecule has 134 valence electrons. The molecule has 26 heavy (non-hydrogen) atoms. The van der Waals surface area contributed by atoms with Crippen LogP contribution in [0, 0.1) is 18.3 Å². The first kappa shape index (κ1) is 17.9. The van der Waals surface area contributed by atoms with Crippen LogP contribution in [0.3, 0.4) is 0 Å². The quantitative estimate of drug-likeness (QED) is 0.852. The molecule has 1 aromatic heterocycles. The number of rotatable bonds is 4. The Morgan fingerprint density at radius 1 is 1.15 bits per heavy atom. The zero-order chi connectivity index (χ0) is 18.4. The number of anilines is 1. The first-order valence-electron chi connectivity index (χ1n) is 9.11. The third-order valence-corrected chi connectivity index (χ3v) is 4.80. The van der Waals surface area contributed by atoms with Gasteiger partial charge in [-0.25, -0.2) is 4.98 Å². The molecule has 0 aliphatic carbocycles. The molecule has 3 rings (SSSR count). The van der Waals surface area contributed by atoms with Gasteiger partial charge in [0.1, 0.15) is 11.9 Å². The van der Waals surface area contributed by atoms with Crippen molar-refractivity contribution < 1.29 is 4.79 Å². The Bertz CT molecular complexity index is 794. The summed E-state index contributed by atoms with van der Waals surface area (Å²) < 4.78 is 0. The van der Waals surface area contributed by atoms with E-state index in [2.05, 4.69) is 47.1 Å². The number of nitriles is 1. The number of aromatic nitrogens is 1. The molecule has 1 amide bonds. The number of carbonyl (C=O) groups excluding carboxylic acids is 1. The predicted molar refractivity (Wildman–Crippen MR) is 102 cm³/mol. The molecule has 0 saturated carbocycles. The van der Waals surface area contributed by atoms with Crippen LogP contribution in [0.15, 0.2) is 42.6 Å². The van der Waals surface area contributed by atoms with Crippen molar-refractivity contribution in [1.29, 1.82) is 5.26 Å². The van der Waals surface area contributed by atoms with E-state index in [9.17, 15) is 10.1 Å². The van der Waals surface area contributed by atoms with Crippen LogP contribution < -0.4 is 4.90 Å². The number of benzene rings is 1. The minimum Gasteiger partial charge on any atom is -0.354 e. The average molecular weight is 348 g/mol. The molecule has 1 aliphatic rings. The van der Waals surface area contributed by atoms with Crippen molar-refractivity contribution in [3.05, 3.63) is 59.3 Å². The van der Waals surface area contributed by atoms with Gasteiger partial charge in [-0.1, -0.05) is 29.8 Å². The van der Waals surface area contributed by atoms with E-state index in [1.54, 1.807) is 18.3 Å². The van der Waals surface area contributed by atoms with Crippen molar-refractivity contribution in [2.45, 2.75) is 26.2 Å². The van der Waals surface area contributed by atoms with Crippen LogP contribution in [-0.4, -0.2) is 42.0 Å². The van der Waals surface area contributed by atoms with E-state index in [1.165, 1.54) is 11.1 Å². The SMILES string of the molecule is Cc1ccc(CCC(=O)N2CCCN(c3ncccc3C#N)CC2)cc1. The second kappa shape index (κ2) is 8.48. The molecular weight excluding hydrogens is 324 g/mol. The molecule has 0 N–H and O–H groups in total. The molecule has 2 heterocycles. The molecule has 5 nitrogen and oxygen atoms in total. The fourth-order valence-electron chi connectivity index (χ4n) is 3.28. The van der Waals surface area contributed by atoms with Gasteiger partial charge < -0.3 is 9.80 Å². The monoisotopic (exact) mass is 348 g/mol. The highest BCUT2D eigenvalue weighted by Crippen LogP contribution is 2.18.